The lowest BCUT2D eigenvalue weighted by Gasteiger charge is -2.23. The molecule has 0 N–H and O–H groups in total. The fraction of sp³-hybridized carbons (Fsp3) is 0.364. The van der Waals surface area contributed by atoms with Gasteiger partial charge in [0.1, 0.15) is 11.9 Å². The van der Waals surface area contributed by atoms with Crippen molar-refractivity contribution in [1.82, 2.24) is 0 Å². The van der Waals surface area contributed by atoms with Gasteiger partial charge in [0, 0.05) is 12.7 Å². The van der Waals surface area contributed by atoms with E-state index in [0.717, 1.165) is 17.6 Å². The maximum atomic E-state index is 11.0. The second-order valence-corrected chi connectivity index (χ2v) is 3.56. The van der Waals surface area contributed by atoms with Crippen LogP contribution in [0.25, 0.3) is 0 Å². The van der Waals surface area contributed by atoms with E-state index in [1.807, 2.05) is 24.3 Å². The van der Waals surface area contributed by atoms with Gasteiger partial charge in [-0.1, -0.05) is 18.2 Å². The molecule has 0 aliphatic carbocycles. The molecule has 2 rings (SSSR count). The maximum Gasteiger partial charge on any atom is 0.191 e. The molecular weight excluding hydrogens is 180 g/mol. The minimum Gasteiger partial charge on any atom is -0.477 e. The molecule has 74 valence electrons. The van der Waals surface area contributed by atoms with Gasteiger partial charge >= 0.3 is 0 Å². The minimum absolute atomic E-state index is 0.309. The summed E-state index contributed by atoms with van der Waals surface area (Å²) in [7, 11) is 1.58. The summed E-state index contributed by atoms with van der Waals surface area (Å²) < 4.78 is 10.8. The Balaban J connectivity index is 2.48. The van der Waals surface area contributed by atoms with Crippen LogP contribution in [0.4, 0.5) is 0 Å². The highest BCUT2D eigenvalue weighted by Crippen LogP contribution is 2.43. The molecule has 1 aromatic rings. The smallest absolute Gasteiger partial charge is 0.191 e. The van der Waals surface area contributed by atoms with E-state index in [-0.39, 0.29) is 6.10 Å². The van der Waals surface area contributed by atoms with Crippen LogP contribution in [0.2, 0.25) is 0 Å². The molecule has 0 spiro atoms. The van der Waals surface area contributed by atoms with Crippen LogP contribution in [0.3, 0.4) is 0 Å². The van der Waals surface area contributed by atoms with E-state index in [1.165, 1.54) is 0 Å². The van der Waals surface area contributed by atoms with Crippen LogP contribution < -0.4 is 4.74 Å². The second-order valence-electron chi connectivity index (χ2n) is 3.56. The van der Waals surface area contributed by atoms with Crippen LogP contribution in [0.5, 0.6) is 5.75 Å². The Morgan fingerprint density at radius 3 is 2.86 bits per heavy atom. The third-order valence-corrected chi connectivity index (χ3v) is 2.52. The third-order valence-electron chi connectivity index (χ3n) is 2.52. The minimum atomic E-state index is -0.890. The number of carbonyl (C=O) groups is 1. The molecular formula is C11H12O3. The lowest BCUT2D eigenvalue weighted by Crippen LogP contribution is -2.37. The molecule has 3 heteroatoms. The first-order valence-corrected chi connectivity index (χ1v) is 4.48. The van der Waals surface area contributed by atoms with Gasteiger partial charge in [0.2, 0.25) is 0 Å². The number of ether oxygens (including phenoxy) is 2. The number of carbonyl (C=O) groups excluding carboxylic acids is 1. The molecule has 0 saturated heterocycles. The van der Waals surface area contributed by atoms with E-state index in [4.69, 9.17) is 9.47 Å². The highest BCUT2D eigenvalue weighted by molar-refractivity contribution is 5.67. The fourth-order valence-electron chi connectivity index (χ4n) is 1.84. The molecule has 0 saturated carbocycles. The molecule has 2 atom stereocenters. The van der Waals surface area contributed by atoms with E-state index in [2.05, 4.69) is 0 Å². The second kappa shape index (κ2) is 3.10. The van der Waals surface area contributed by atoms with Gasteiger partial charge in [-0.05, 0) is 13.0 Å². The van der Waals surface area contributed by atoms with Crippen molar-refractivity contribution in [3.05, 3.63) is 29.8 Å². The first kappa shape index (κ1) is 9.21. The van der Waals surface area contributed by atoms with Crippen LogP contribution in [0.15, 0.2) is 24.3 Å². The summed E-state index contributed by atoms with van der Waals surface area (Å²) in [5.41, 5.74) is 0.0444. The summed E-state index contributed by atoms with van der Waals surface area (Å²) in [5.74, 6) is 0.731. The zero-order chi connectivity index (χ0) is 10.2. The van der Waals surface area contributed by atoms with Gasteiger partial charge in [-0.25, -0.2) is 0 Å². The summed E-state index contributed by atoms with van der Waals surface area (Å²) in [5, 5.41) is 0. The van der Waals surface area contributed by atoms with Gasteiger partial charge in [-0.15, -0.1) is 0 Å². The lowest BCUT2D eigenvalue weighted by molar-refractivity contribution is -0.128. The monoisotopic (exact) mass is 192 g/mol. The fourth-order valence-corrected chi connectivity index (χ4v) is 1.84. The summed E-state index contributed by atoms with van der Waals surface area (Å²) in [6.45, 7) is 1.73. The molecule has 0 fully saturated rings. The molecule has 1 heterocycles. The van der Waals surface area contributed by atoms with Crippen molar-refractivity contribution in [2.45, 2.75) is 18.6 Å². The molecule has 1 aromatic carbocycles. The molecule has 14 heavy (non-hydrogen) atoms. The van der Waals surface area contributed by atoms with Crippen molar-refractivity contribution in [2.24, 2.45) is 0 Å². The predicted octanol–water partition coefficient (Wildman–Crippen LogP) is 1.72. The zero-order valence-electron chi connectivity index (χ0n) is 8.19. The van der Waals surface area contributed by atoms with E-state index in [9.17, 15) is 4.79 Å². The third kappa shape index (κ3) is 1.13. The molecule has 0 amide bonds. The first-order chi connectivity index (χ1) is 6.71. The number of hydrogen-bond donors (Lipinski definition) is 0. The summed E-state index contributed by atoms with van der Waals surface area (Å²) in [4.78, 5) is 11.0. The van der Waals surface area contributed by atoms with Crippen molar-refractivity contribution >= 4 is 6.29 Å². The van der Waals surface area contributed by atoms with Gasteiger partial charge in [0.05, 0.1) is 0 Å². The van der Waals surface area contributed by atoms with Crippen LogP contribution in [0.1, 0.15) is 18.6 Å². The maximum absolute atomic E-state index is 11.0. The Labute approximate surface area is 82.6 Å². The largest absolute Gasteiger partial charge is 0.477 e. The van der Waals surface area contributed by atoms with Crippen molar-refractivity contribution in [3.8, 4) is 5.75 Å². The number of aldehydes is 1. The van der Waals surface area contributed by atoms with E-state index in [1.54, 1.807) is 14.0 Å². The highest BCUT2D eigenvalue weighted by Gasteiger charge is 2.45. The molecule has 0 bridgehead atoms. The SMILES string of the molecule is COC1c2ccccc2OC1(C)C=O. The topological polar surface area (TPSA) is 35.5 Å². The Morgan fingerprint density at radius 2 is 2.21 bits per heavy atom. The van der Waals surface area contributed by atoms with Gasteiger partial charge in [-0.3, -0.25) is 4.79 Å². The van der Waals surface area contributed by atoms with Crippen molar-refractivity contribution in [1.29, 1.82) is 0 Å². The van der Waals surface area contributed by atoms with Crippen molar-refractivity contribution in [3.63, 3.8) is 0 Å². The molecule has 0 radical (unpaired) electrons. The molecule has 2 unspecified atom stereocenters. The van der Waals surface area contributed by atoms with Gasteiger partial charge in [-0.2, -0.15) is 0 Å². The van der Waals surface area contributed by atoms with Crippen LogP contribution in [-0.4, -0.2) is 19.0 Å². The number of hydrogen-bond acceptors (Lipinski definition) is 3. The lowest BCUT2D eigenvalue weighted by atomic mass is 9.97. The van der Waals surface area contributed by atoms with Crippen LogP contribution in [-0.2, 0) is 9.53 Å². The van der Waals surface area contributed by atoms with Crippen molar-refractivity contribution in [2.75, 3.05) is 7.11 Å². The number of para-hydroxylation sites is 1. The summed E-state index contributed by atoms with van der Waals surface area (Å²) in [6, 6.07) is 7.54. The average molecular weight is 192 g/mol. The Kier molecular flexibility index (Phi) is 2.04. The molecule has 1 aliphatic rings. The standard InChI is InChI=1S/C11H12O3/c1-11(7-12)10(13-2)8-5-3-4-6-9(8)14-11/h3-7,10H,1-2H3. The average Bonchev–Trinajstić information content (AvgIpc) is 2.50. The quantitative estimate of drug-likeness (QED) is 0.669. The van der Waals surface area contributed by atoms with E-state index < -0.39 is 5.60 Å². The normalized spacial score (nSPS) is 29.4. The summed E-state index contributed by atoms with van der Waals surface area (Å²) >= 11 is 0. The van der Waals surface area contributed by atoms with Crippen molar-refractivity contribution < 1.29 is 14.3 Å². The van der Waals surface area contributed by atoms with Crippen LogP contribution in [0, 0.1) is 0 Å². The predicted molar refractivity (Wildman–Crippen MR) is 51.3 cm³/mol. The van der Waals surface area contributed by atoms with Gasteiger partial charge < -0.3 is 9.47 Å². The molecule has 1 aliphatic heterocycles. The van der Waals surface area contributed by atoms with E-state index in [0.29, 0.717) is 0 Å². The van der Waals surface area contributed by atoms with E-state index >= 15 is 0 Å². The number of rotatable bonds is 2. The Hall–Kier alpha value is -1.35. The first-order valence-electron chi connectivity index (χ1n) is 4.48. The van der Waals surface area contributed by atoms with Gasteiger partial charge in [0.15, 0.2) is 11.9 Å². The molecule has 3 nitrogen and oxygen atoms in total. The number of fused-ring (bicyclic) bond motifs is 1. The number of benzene rings is 1. The Morgan fingerprint density at radius 1 is 1.50 bits per heavy atom. The summed E-state index contributed by atoms with van der Waals surface area (Å²) in [6.07, 6.45) is 0.484. The zero-order valence-corrected chi connectivity index (χ0v) is 8.19. The molecule has 0 aromatic heterocycles. The highest BCUT2D eigenvalue weighted by atomic mass is 16.6. The van der Waals surface area contributed by atoms with Crippen LogP contribution >= 0.6 is 0 Å². The van der Waals surface area contributed by atoms with Gasteiger partial charge in [0.25, 0.3) is 0 Å². The Bertz CT molecular complexity index is 361. The number of methoxy groups -OCH3 is 1.